The molecule has 0 fully saturated rings. The van der Waals surface area contributed by atoms with E-state index in [0.717, 1.165) is 0 Å². The van der Waals surface area contributed by atoms with Crippen LogP contribution in [0.25, 0.3) is 0 Å². The molecule has 0 bridgehead atoms. The van der Waals surface area contributed by atoms with Gasteiger partial charge in [0, 0.05) is 15.7 Å². The van der Waals surface area contributed by atoms with Crippen LogP contribution in [0.5, 0.6) is 0 Å². The van der Waals surface area contributed by atoms with E-state index in [1.807, 2.05) is 0 Å². The Balaban J connectivity index is 2.90. The smallest absolute Gasteiger partial charge is 0.310 e. The molecule has 0 unspecified atom stereocenters. The van der Waals surface area contributed by atoms with Gasteiger partial charge in [-0.1, -0.05) is 15.9 Å². The summed E-state index contributed by atoms with van der Waals surface area (Å²) in [6.07, 6.45) is 0.0422. The lowest BCUT2D eigenvalue weighted by Gasteiger charge is -2.08. The first-order valence-corrected chi connectivity index (χ1v) is 5.23. The molecule has 0 aliphatic carbocycles. The van der Waals surface area contributed by atoms with Crippen LogP contribution in [-0.2, 0) is 16.0 Å². The number of anilines is 1. The summed E-state index contributed by atoms with van der Waals surface area (Å²) in [7, 11) is 0. The van der Waals surface area contributed by atoms with Crippen LogP contribution in [-0.4, -0.2) is 12.6 Å². The molecule has 1 rings (SSSR count). The highest BCUT2D eigenvalue weighted by Gasteiger charge is 2.12. The molecule has 0 saturated heterocycles. The van der Waals surface area contributed by atoms with Crippen LogP contribution in [0.3, 0.4) is 0 Å². The maximum atomic E-state index is 12.9. The van der Waals surface area contributed by atoms with Crippen LogP contribution in [0.4, 0.5) is 10.1 Å². The maximum Gasteiger partial charge on any atom is 0.310 e. The molecule has 1 aromatic carbocycles. The molecule has 0 amide bonds. The van der Waals surface area contributed by atoms with Crippen molar-refractivity contribution >= 4 is 27.6 Å². The Hall–Kier alpha value is -1.10. The molecule has 5 heteroatoms. The van der Waals surface area contributed by atoms with Gasteiger partial charge in [-0.05, 0) is 19.1 Å². The highest BCUT2D eigenvalue weighted by Crippen LogP contribution is 2.25. The molecule has 3 nitrogen and oxygen atoms in total. The monoisotopic (exact) mass is 275 g/mol. The van der Waals surface area contributed by atoms with Gasteiger partial charge in [-0.2, -0.15) is 0 Å². The molecule has 2 N–H and O–H groups in total. The van der Waals surface area contributed by atoms with Crippen molar-refractivity contribution in [1.82, 2.24) is 0 Å². The molecule has 82 valence electrons. The highest BCUT2D eigenvalue weighted by atomic mass is 79.9. The summed E-state index contributed by atoms with van der Waals surface area (Å²) in [6.45, 7) is 2.04. The second kappa shape index (κ2) is 5.11. The van der Waals surface area contributed by atoms with E-state index in [4.69, 9.17) is 10.5 Å². The number of benzene rings is 1. The molecular formula is C10H11BrFNO2. The minimum atomic E-state index is -0.438. The van der Waals surface area contributed by atoms with Crippen molar-refractivity contribution in [2.75, 3.05) is 12.3 Å². The van der Waals surface area contributed by atoms with E-state index in [2.05, 4.69) is 15.9 Å². The van der Waals surface area contributed by atoms with Gasteiger partial charge in [-0.15, -0.1) is 0 Å². The number of halogens is 2. The second-order valence-electron chi connectivity index (χ2n) is 2.94. The third-order valence-electron chi connectivity index (χ3n) is 1.82. The first-order valence-electron chi connectivity index (χ1n) is 4.43. The van der Waals surface area contributed by atoms with E-state index < -0.39 is 5.82 Å². The SMILES string of the molecule is CCOC(=O)Cc1c(N)cc(F)cc1Br. The average molecular weight is 276 g/mol. The lowest BCUT2D eigenvalue weighted by atomic mass is 10.1. The summed E-state index contributed by atoms with van der Waals surface area (Å²) in [5.74, 6) is -0.816. The number of hydrogen-bond acceptors (Lipinski definition) is 3. The maximum absolute atomic E-state index is 12.9. The Morgan fingerprint density at radius 2 is 2.27 bits per heavy atom. The molecular weight excluding hydrogens is 265 g/mol. The van der Waals surface area contributed by atoms with Crippen molar-refractivity contribution in [2.45, 2.75) is 13.3 Å². The van der Waals surface area contributed by atoms with Crippen molar-refractivity contribution in [3.05, 3.63) is 28.0 Å². The van der Waals surface area contributed by atoms with Crippen LogP contribution in [0.15, 0.2) is 16.6 Å². The number of rotatable bonds is 3. The quantitative estimate of drug-likeness (QED) is 0.680. The molecule has 1 aromatic rings. The number of nitrogen functional groups attached to an aromatic ring is 1. The molecule has 0 atom stereocenters. The average Bonchev–Trinajstić information content (AvgIpc) is 2.11. The topological polar surface area (TPSA) is 52.3 Å². The second-order valence-corrected chi connectivity index (χ2v) is 3.79. The standard InChI is InChI=1S/C10H11BrFNO2/c1-2-15-10(14)5-7-8(11)3-6(12)4-9(7)13/h3-4H,2,5,13H2,1H3. The van der Waals surface area contributed by atoms with Gasteiger partial charge in [-0.3, -0.25) is 4.79 Å². The van der Waals surface area contributed by atoms with E-state index in [1.165, 1.54) is 12.1 Å². The minimum absolute atomic E-state index is 0.0422. The van der Waals surface area contributed by atoms with Gasteiger partial charge in [0.2, 0.25) is 0 Å². The molecule has 0 aromatic heterocycles. The first kappa shape index (κ1) is 12.0. The van der Waals surface area contributed by atoms with Crippen molar-refractivity contribution < 1.29 is 13.9 Å². The largest absolute Gasteiger partial charge is 0.466 e. The fourth-order valence-corrected chi connectivity index (χ4v) is 1.75. The summed E-state index contributed by atoms with van der Waals surface area (Å²) in [5.41, 5.74) is 6.38. The Bertz CT molecular complexity index is 359. The molecule has 0 heterocycles. The van der Waals surface area contributed by atoms with Crippen molar-refractivity contribution in [3.8, 4) is 0 Å². The Morgan fingerprint density at radius 1 is 1.60 bits per heavy atom. The van der Waals surface area contributed by atoms with E-state index in [9.17, 15) is 9.18 Å². The molecule has 0 saturated carbocycles. The number of carbonyl (C=O) groups excluding carboxylic acids is 1. The van der Waals surface area contributed by atoms with Gasteiger partial charge < -0.3 is 10.5 Å². The minimum Gasteiger partial charge on any atom is -0.466 e. The number of hydrogen-bond donors (Lipinski definition) is 1. The van der Waals surface area contributed by atoms with Crippen LogP contribution in [0.1, 0.15) is 12.5 Å². The van der Waals surface area contributed by atoms with Crippen molar-refractivity contribution in [1.29, 1.82) is 0 Å². The lowest BCUT2D eigenvalue weighted by Crippen LogP contribution is -2.10. The van der Waals surface area contributed by atoms with E-state index in [1.54, 1.807) is 6.92 Å². The Morgan fingerprint density at radius 3 is 2.80 bits per heavy atom. The summed E-state index contributed by atoms with van der Waals surface area (Å²) in [4.78, 5) is 11.2. The van der Waals surface area contributed by atoms with E-state index in [-0.39, 0.29) is 18.1 Å². The predicted molar refractivity (Wildman–Crippen MR) is 58.8 cm³/mol. The molecule has 0 radical (unpaired) electrons. The van der Waals surface area contributed by atoms with Crippen molar-refractivity contribution in [3.63, 3.8) is 0 Å². The summed E-state index contributed by atoms with van der Waals surface area (Å²) in [5, 5.41) is 0. The van der Waals surface area contributed by atoms with Crippen LogP contribution in [0, 0.1) is 5.82 Å². The van der Waals surface area contributed by atoms with Gasteiger partial charge in [-0.25, -0.2) is 4.39 Å². The number of carbonyl (C=O) groups is 1. The van der Waals surface area contributed by atoms with Crippen LogP contribution in [0.2, 0.25) is 0 Å². The third kappa shape index (κ3) is 3.20. The van der Waals surface area contributed by atoms with Crippen LogP contribution < -0.4 is 5.73 Å². The van der Waals surface area contributed by atoms with Gasteiger partial charge in [0.05, 0.1) is 13.0 Å². The molecule has 15 heavy (non-hydrogen) atoms. The zero-order valence-electron chi connectivity index (χ0n) is 8.22. The Labute approximate surface area is 95.5 Å². The number of esters is 1. The number of ether oxygens (including phenoxy) is 1. The van der Waals surface area contributed by atoms with Gasteiger partial charge in [0.15, 0.2) is 0 Å². The Kier molecular flexibility index (Phi) is 4.08. The number of nitrogens with two attached hydrogens (primary N) is 1. The van der Waals surface area contributed by atoms with E-state index in [0.29, 0.717) is 16.6 Å². The predicted octanol–water partition coefficient (Wildman–Crippen LogP) is 2.28. The zero-order chi connectivity index (χ0) is 11.4. The van der Waals surface area contributed by atoms with E-state index >= 15 is 0 Å². The van der Waals surface area contributed by atoms with Gasteiger partial charge >= 0.3 is 5.97 Å². The third-order valence-corrected chi connectivity index (χ3v) is 2.53. The molecule has 0 spiro atoms. The molecule has 0 aliphatic rings. The van der Waals surface area contributed by atoms with Crippen molar-refractivity contribution in [2.24, 2.45) is 0 Å². The first-order chi connectivity index (χ1) is 7.04. The fraction of sp³-hybridized carbons (Fsp3) is 0.300. The molecule has 0 aliphatic heterocycles. The zero-order valence-corrected chi connectivity index (χ0v) is 9.80. The highest BCUT2D eigenvalue weighted by molar-refractivity contribution is 9.10. The van der Waals surface area contributed by atoms with Crippen LogP contribution >= 0.6 is 15.9 Å². The van der Waals surface area contributed by atoms with Gasteiger partial charge in [0.1, 0.15) is 5.82 Å². The summed E-state index contributed by atoms with van der Waals surface area (Å²) < 4.78 is 18.1. The lowest BCUT2D eigenvalue weighted by molar-refractivity contribution is -0.142. The normalized spacial score (nSPS) is 10.1. The fourth-order valence-electron chi connectivity index (χ4n) is 1.17. The van der Waals surface area contributed by atoms with Gasteiger partial charge in [0.25, 0.3) is 0 Å². The summed E-state index contributed by atoms with van der Waals surface area (Å²) >= 11 is 3.15. The summed E-state index contributed by atoms with van der Waals surface area (Å²) in [6, 6.07) is 2.45.